The molecular formula is C13H7ClN2O3. The predicted octanol–water partition coefficient (Wildman–Crippen LogP) is 3.10. The standard InChI is InChI=1S/C13H7ClN2O3/c14-11-5-8(13(17)18)1-2-12(11)19-10-3-4-16-9(6-10)7-15/h1-6H,(H,17,18). The molecule has 19 heavy (non-hydrogen) atoms. The number of aromatic nitrogens is 1. The van der Waals surface area contributed by atoms with Crippen molar-refractivity contribution in [2.45, 2.75) is 0 Å². The number of carboxylic acid groups (broad SMARTS) is 1. The summed E-state index contributed by atoms with van der Waals surface area (Å²) in [4.78, 5) is 14.6. The number of hydrogen-bond acceptors (Lipinski definition) is 4. The van der Waals surface area contributed by atoms with Crippen molar-refractivity contribution in [1.29, 1.82) is 5.26 Å². The van der Waals surface area contributed by atoms with Gasteiger partial charge in [0.25, 0.3) is 0 Å². The number of carboxylic acids is 1. The number of pyridine rings is 1. The maximum atomic E-state index is 10.8. The largest absolute Gasteiger partial charge is 0.478 e. The lowest BCUT2D eigenvalue weighted by Gasteiger charge is -2.07. The zero-order chi connectivity index (χ0) is 13.8. The van der Waals surface area contributed by atoms with Crippen molar-refractivity contribution in [2.24, 2.45) is 0 Å². The van der Waals surface area contributed by atoms with E-state index in [1.54, 1.807) is 6.07 Å². The van der Waals surface area contributed by atoms with E-state index in [0.717, 1.165) is 0 Å². The SMILES string of the molecule is N#Cc1cc(Oc2ccc(C(=O)O)cc2Cl)ccn1. The fourth-order valence-corrected chi connectivity index (χ4v) is 1.60. The van der Waals surface area contributed by atoms with Crippen LogP contribution in [0.5, 0.6) is 11.5 Å². The molecule has 1 heterocycles. The van der Waals surface area contributed by atoms with Gasteiger partial charge in [0.05, 0.1) is 10.6 Å². The van der Waals surface area contributed by atoms with Crippen LogP contribution in [0, 0.1) is 11.3 Å². The molecule has 0 saturated heterocycles. The minimum Gasteiger partial charge on any atom is -0.478 e. The first-order valence-electron chi connectivity index (χ1n) is 5.17. The summed E-state index contributed by atoms with van der Waals surface area (Å²) in [5.74, 6) is -0.359. The zero-order valence-electron chi connectivity index (χ0n) is 9.50. The smallest absolute Gasteiger partial charge is 0.335 e. The van der Waals surface area contributed by atoms with Gasteiger partial charge in [-0.3, -0.25) is 0 Å². The van der Waals surface area contributed by atoms with Crippen LogP contribution in [0.4, 0.5) is 0 Å². The van der Waals surface area contributed by atoms with Gasteiger partial charge in [-0.15, -0.1) is 0 Å². The Kier molecular flexibility index (Phi) is 3.64. The summed E-state index contributed by atoms with van der Waals surface area (Å²) >= 11 is 5.93. The Morgan fingerprint density at radius 1 is 1.37 bits per heavy atom. The average Bonchev–Trinajstić information content (AvgIpc) is 2.41. The van der Waals surface area contributed by atoms with Crippen molar-refractivity contribution in [3.05, 3.63) is 52.8 Å². The molecule has 0 radical (unpaired) electrons. The van der Waals surface area contributed by atoms with Crippen molar-refractivity contribution >= 4 is 17.6 Å². The Morgan fingerprint density at radius 2 is 2.16 bits per heavy atom. The topological polar surface area (TPSA) is 83.2 Å². The van der Waals surface area contributed by atoms with Gasteiger partial charge in [-0.05, 0) is 24.3 Å². The quantitative estimate of drug-likeness (QED) is 0.930. The lowest BCUT2D eigenvalue weighted by atomic mass is 10.2. The fraction of sp³-hybridized carbons (Fsp3) is 0. The number of halogens is 1. The number of rotatable bonds is 3. The van der Waals surface area contributed by atoms with E-state index in [1.807, 2.05) is 6.07 Å². The summed E-state index contributed by atoms with van der Waals surface area (Å²) < 4.78 is 5.47. The van der Waals surface area contributed by atoms with Crippen LogP contribution in [-0.2, 0) is 0 Å². The van der Waals surface area contributed by atoms with E-state index in [9.17, 15) is 4.79 Å². The highest BCUT2D eigenvalue weighted by Gasteiger charge is 2.09. The molecule has 1 N–H and O–H groups in total. The Balaban J connectivity index is 2.28. The molecular weight excluding hydrogens is 268 g/mol. The molecule has 1 aromatic heterocycles. The van der Waals surface area contributed by atoms with Crippen molar-refractivity contribution in [3.8, 4) is 17.6 Å². The summed E-state index contributed by atoms with van der Waals surface area (Å²) in [7, 11) is 0. The summed E-state index contributed by atoms with van der Waals surface area (Å²) in [5.41, 5.74) is 0.292. The van der Waals surface area contributed by atoms with Crippen LogP contribution < -0.4 is 4.74 Å². The number of nitrogens with zero attached hydrogens (tertiary/aromatic N) is 2. The third-order valence-electron chi connectivity index (χ3n) is 2.25. The molecule has 1 aromatic carbocycles. The molecule has 94 valence electrons. The monoisotopic (exact) mass is 274 g/mol. The number of carbonyl (C=O) groups is 1. The lowest BCUT2D eigenvalue weighted by molar-refractivity contribution is 0.0697. The third-order valence-corrected chi connectivity index (χ3v) is 2.55. The highest BCUT2D eigenvalue weighted by molar-refractivity contribution is 6.32. The van der Waals surface area contributed by atoms with Gasteiger partial charge in [-0.1, -0.05) is 11.6 Å². The van der Waals surface area contributed by atoms with Crippen molar-refractivity contribution < 1.29 is 14.6 Å². The predicted molar refractivity (Wildman–Crippen MR) is 67.4 cm³/mol. The van der Waals surface area contributed by atoms with Crippen molar-refractivity contribution in [3.63, 3.8) is 0 Å². The number of benzene rings is 1. The number of ether oxygens (including phenoxy) is 1. The van der Waals surface area contributed by atoms with Gasteiger partial charge in [0.1, 0.15) is 23.3 Å². The number of hydrogen-bond donors (Lipinski definition) is 1. The highest BCUT2D eigenvalue weighted by atomic mass is 35.5. The van der Waals surface area contributed by atoms with Gasteiger partial charge in [0.15, 0.2) is 0 Å². The third kappa shape index (κ3) is 3.00. The molecule has 2 rings (SSSR count). The number of aromatic carboxylic acids is 1. The average molecular weight is 275 g/mol. The highest BCUT2D eigenvalue weighted by Crippen LogP contribution is 2.30. The van der Waals surface area contributed by atoms with E-state index in [-0.39, 0.29) is 16.3 Å². The van der Waals surface area contributed by atoms with E-state index in [4.69, 9.17) is 26.7 Å². The minimum atomic E-state index is -1.07. The molecule has 6 heteroatoms. The second-order valence-corrected chi connectivity index (χ2v) is 3.95. The lowest BCUT2D eigenvalue weighted by Crippen LogP contribution is -1.96. The molecule has 0 aliphatic heterocycles. The van der Waals surface area contributed by atoms with E-state index in [0.29, 0.717) is 11.5 Å². The summed E-state index contributed by atoms with van der Waals surface area (Å²) in [6.07, 6.45) is 1.44. The molecule has 0 aliphatic carbocycles. The van der Waals surface area contributed by atoms with Gasteiger partial charge in [-0.25, -0.2) is 9.78 Å². The van der Waals surface area contributed by atoms with Crippen LogP contribution in [0.1, 0.15) is 16.1 Å². The van der Waals surface area contributed by atoms with Crippen molar-refractivity contribution in [1.82, 2.24) is 4.98 Å². The first-order valence-corrected chi connectivity index (χ1v) is 5.55. The first-order chi connectivity index (χ1) is 9.10. The Hall–Kier alpha value is -2.58. The van der Waals surface area contributed by atoms with Gasteiger partial charge in [0.2, 0.25) is 0 Å². The molecule has 0 saturated carbocycles. The van der Waals surface area contributed by atoms with E-state index in [2.05, 4.69) is 4.98 Å². The molecule has 2 aromatic rings. The van der Waals surface area contributed by atoms with E-state index < -0.39 is 5.97 Å². The molecule has 0 amide bonds. The van der Waals surface area contributed by atoms with Crippen LogP contribution >= 0.6 is 11.6 Å². The molecule has 0 bridgehead atoms. The van der Waals surface area contributed by atoms with Gasteiger partial charge < -0.3 is 9.84 Å². The maximum absolute atomic E-state index is 10.8. The van der Waals surface area contributed by atoms with E-state index >= 15 is 0 Å². The van der Waals surface area contributed by atoms with Crippen LogP contribution in [-0.4, -0.2) is 16.1 Å². The molecule has 0 fully saturated rings. The van der Waals surface area contributed by atoms with Crippen LogP contribution in [0.25, 0.3) is 0 Å². The molecule has 0 spiro atoms. The summed E-state index contributed by atoms with van der Waals surface area (Å²) in [5, 5.41) is 17.7. The van der Waals surface area contributed by atoms with Crippen LogP contribution in [0.3, 0.4) is 0 Å². The first kappa shape index (κ1) is 12.9. The van der Waals surface area contributed by atoms with Gasteiger partial charge in [0, 0.05) is 12.3 Å². The Morgan fingerprint density at radius 3 is 2.79 bits per heavy atom. The second-order valence-electron chi connectivity index (χ2n) is 3.54. The molecule has 0 unspecified atom stereocenters. The zero-order valence-corrected chi connectivity index (χ0v) is 10.3. The Labute approximate surface area is 113 Å². The van der Waals surface area contributed by atoms with Crippen LogP contribution in [0.15, 0.2) is 36.5 Å². The second kappa shape index (κ2) is 5.38. The number of nitriles is 1. The summed E-state index contributed by atoms with van der Waals surface area (Å²) in [6, 6.07) is 9.06. The molecule has 0 atom stereocenters. The van der Waals surface area contributed by atoms with E-state index in [1.165, 1.54) is 30.5 Å². The molecule has 0 aliphatic rings. The summed E-state index contributed by atoms with van der Waals surface area (Å²) in [6.45, 7) is 0. The maximum Gasteiger partial charge on any atom is 0.335 e. The fourth-order valence-electron chi connectivity index (χ4n) is 1.38. The van der Waals surface area contributed by atoms with Gasteiger partial charge in [-0.2, -0.15) is 5.26 Å². The minimum absolute atomic E-state index is 0.0739. The Bertz CT molecular complexity index is 680. The molecule has 5 nitrogen and oxygen atoms in total. The normalized spacial score (nSPS) is 9.68. The van der Waals surface area contributed by atoms with Gasteiger partial charge >= 0.3 is 5.97 Å². The van der Waals surface area contributed by atoms with Crippen LogP contribution in [0.2, 0.25) is 5.02 Å². The van der Waals surface area contributed by atoms with Crippen molar-refractivity contribution in [2.75, 3.05) is 0 Å².